The van der Waals surface area contributed by atoms with Gasteiger partial charge < -0.3 is 24.3 Å². The van der Waals surface area contributed by atoms with Gasteiger partial charge in [0.05, 0.1) is 27.9 Å². The highest BCUT2D eigenvalue weighted by Crippen LogP contribution is 2.38. The predicted octanol–water partition coefficient (Wildman–Crippen LogP) is 3.47. The smallest absolute Gasteiger partial charge is 0.246 e. The molecule has 0 aliphatic carbocycles. The first-order valence-corrected chi connectivity index (χ1v) is 12.6. The van der Waals surface area contributed by atoms with E-state index in [0.29, 0.717) is 49.1 Å². The van der Waals surface area contributed by atoms with Crippen LogP contribution in [-0.4, -0.2) is 59.7 Å². The Morgan fingerprint density at radius 2 is 1.62 bits per heavy atom. The molecule has 0 radical (unpaired) electrons. The van der Waals surface area contributed by atoms with Crippen molar-refractivity contribution in [3.63, 3.8) is 0 Å². The minimum atomic E-state index is -3.71. The van der Waals surface area contributed by atoms with Crippen LogP contribution in [0.2, 0.25) is 0 Å². The summed E-state index contributed by atoms with van der Waals surface area (Å²) in [6, 6.07) is 8.29. The second-order valence-electron chi connectivity index (χ2n) is 7.79. The summed E-state index contributed by atoms with van der Waals surface area (Å²) < 4.78 is 49.4. The number of carbonyl (C=O) groups excluding carboxylic acids is 1. The molecule has 0 bridgehead atoms. The quantitative estimate of drug-likeness (QED) is 0.512. The molecule has 1 aliphatic heterocycles. The van der Waals surface area contributed by atoms with Gasteiger partial charge in [0, 0.05) is 25.2 Å². The summed E-state index contributed by atoms with van der Waals surface area (Å²) >= 11 is 0. The van der Waals surface area contributed by atoms with E-state index in [9.17, 15) is 13.2 Å². The number of carbonyl (C=O) groups is 1. The molecular weight excluding hydrogens is 460 g/mol. The van der Waals surface area contributed by atoms with Gasteiger partial charge in [0.25, 0.3) is 0 Å². The molecule has 3 rings (SSSR count). The van der Waals surface area contributed by atoms with Crippen molar-refractivity contribution in [2.45, 2.75) is 37.5 Å². The number of ether oxygens (including phenoxy) is 4. The molecule has 1 heterocycles. The summed E-state index contributed by atoms with van der Waals surface area (Å²) in [4.78, 5) is 12.7. The zero-order valence-electron chi connectivity index (χ0n) is 20.0. The number of hydrogen-bond donors (Lipinski definition) is 1. The zero-order chi connectivity index (χ0) is 24.7. The number of rotatable bonds is 11. The molecule has 0 saturated carbocycles. The minimum absolute atomic E-state index is 0.0682. The molecule has 1 amide bonds. The molecule has 10 heteroatoms. The number of anilines is 1. The molecule has 186 valence electrons. The first kappa shape index (κ1) is 25.6. The fraction of sp³-hybridized carbons (Fsp3) is 0.458. The lowest BCUT2D eigenvalue weighted by molar-refractivity contribution is -0.116. The Bertz CT molecular complexity index is 1090. The van der Waals surface area contributed by atoms with Gasteiger partial charge in [-0.25, -0.2) is 8.42 Å². The fourth-order valence-electron chi connectivity index (χ4n) is 3.89. The Morgan fingerprint density at radius 1 is 0.971 bits per heavy atom. The molecule has 2 aromatic carbocycles. The Hall–Kier alpha value is -2.98. The molecule has 2 aromatic rings. The van der Waals surface area contributed by atoms with Crippen molar-refractivity contribution in [1.29, 1.82) is 0 Å². The molecule has 0 spiro atoms. The van der Waals surface area contributed by atoms with E-state index in [1.807, 2.05) is 0 Å². The van der Waals surface area contributed by atoms with E-state index < -0.39 is 10.0 Å². The number of nitrogens with zero attached hydrogens (tertiary/aromatic N) is 1. The Morgan fingerprint density at radius 3 is 2.18 bits per heavy atom. The van der Waals surface area contributed by atoms with Gasteiger partial charge in [0.1, 0.15) is 10.6 Å². The van der Waals surface area contributed by atoms with E-state index in [1.54, 1.807) is 31.2 Å². The lowest BCUT2D eigenvalue weighted by Gasteiger charge is -2.19. The normalized spacial score (nSPS) is 14.0. The SMILES string of the molecule is CCOc1ccc(NC(=O)CCc2cc(OC)c(OC)c(OC)c2)cc1S(=O)(=O)N1CCCC1. The molecule has 1 saturated heterocycles. The Labute approximate surface area is 201 Å². The second-order valence-corrected chi connectivity index (χ2v) is 9.69. The molecular formula is C24H32N2O7S. The van der Waals surface area contributed by atoms with Gasteiger partial charge in [-0.2, -0.15) is 4.31 Å². The standard InChI is InChI=1S/C24H32N2O7S/c1-5-33-19-10-9-18(16-22(19)34(28,29)26-12-6-7-13-26)25-23(27)11-8-17-14-20(30-2)24(32-4)21(15-17)31-3/h9-10,14-16H,5-8,11-13H2,1-4H3,(H,25,27). The summed E-state index contributed by atoms with van der Waals surface area (Å²) in [5.41, 5.74) is 1.24. The number of benzene rings is 2. The fourth-order valence-corrected chi connectivity index (χ4v) is 5.56. The van der Waals surface area contributed by atoms with E-state index >= 15 is 0 Å². The maximum atomic E-state index is 13.2. The predicted molar refractivity (Wildman–Crippen MR) is 129 cm³/mol. The molecule has 1 aliphatic rings. The van der Waals surface area contributed by atoms with Crippen molar-refractivity contribution in [3.8, 4) is 23.0 Å². The van der Waals surface area contributed by atoms with Crippen molar-refractivity contribution in [3.05, 3.63) is 35.9 Å². The van der Waals surface area contributed by atoms with Crippen molar-refractivity contribution >= 4 is 21.6 Å². The summed E-state index contributed by atoms with van der Waals surface area (Å²) in [5.74, 6) is 1.55. The minimum Gasteiger partial charge on any atom is -0.493 e. The molecule has 0 unspecified atom stereocenters. The lowest BCUT2D eigenvalue weighted by atomic mass is 10.1. The van der Waals surface area contributed by atoms with Gasteiger partial charge >= 0.3 is 0 Å². The first-order chi connectivity index (χ1) is 16.3. The third-order valence-corrected chi connectivity index (χ3v) is 7.50. The number of methoxy groups -OCH3 is 3. The van der Waals surface area contributed by atoms with Crippen LogP contribution in [0.5, 0.6) is 23.0 Å². The van der Waals surface area contributed by atoms with E-state index in [1.165, 1.54) is 31.7 Å². The maximum absolute atomic E-state index is 13.2. The van der Waals surface area contributed by atoms with Crippen molar-refractivity contribution < 1.29 is 32.2 Å². The van der Waals surface area contributed by atoms with Crippen LogP contribution in [-0.2, 0) is 21.2 Å². The molecule has 9 nitrogen and oxygen atoms in total. The van der Waals surface area contributed by atoms with E-state index in [-0.39, 0.29) is 23.0 Å². The second kappa shape index (κ2) is 11.4. The summed E-state index contributed by atoms with van der Waals surface area (Å²) in [6.45, 7) is 3.10. The summed E-state index contributed by atoms with van der Waals surface area (Å²) in [5, 5.41) is 2.80. The topological polar surface area (TPSA) is 103 Å². The molecule has 34 heavy (non-hydrogen) atoms. The van der Waals surface area contributed by atoms with Gasteiger partial charge in [-0.05, 0) is 62.1 Å². The van der Waals surface area contributed by atoms with Gasteiger partial charge in [0.15, 0.2) is 11.5 Å². The average molecular weight is 493 g/mol. The Balaban J connectivity index is 1.75. The van der Waals surface area contributed by atoms with Crippen LogP contribution in [0.3, 0.4) is 0 Å². The van der Waals surface area contributed by atoms with Gasteiger partial charge in [0.2, 0.25) is 21.7 Å². The maximum Gasteiger partial charge on any atom is 0.246 e. The molecule has 0 aromatic heterocycles. The summed E-state index contributed by atoms with van der Waals surface area (Å²) in [6.07, 6.45) is 2.28. The zero-order valence-corrected chi connectivity index (χ0v) is 20.9. The van der Waals surface area contributed by atoms with Crippen LogP contribution < -0.4 is 24.3 Å². The number of sulfonamides is 1. The largest absolute Gasteiger partial charge is 0.493 e. The highest BCUT2D eigenvalue weighted by molar-refractivity contribution is 7.89. The third-order valence-electron chi connectivity index (χ3n) is 5.58. The number of nitrogens with one attached hydrogen (secondary N) is 1. The average Bonchev–Trinajstić information content (AvgIpc) is 3.39. The van der Waals surface area contributed by atoms with Gasteiger partial charge in [-0.15, -0.1) is 0 Å². The van der Waals surface area contributed by atoms with Crippen LogP contribution in [0.4, 0.5) is 5.69 Å². The summed E-state index contributed by atoms with van der Waals surface area (Å²) in [7, 11) is 0.891. The molecule has 1 N–H and O–H groups in total. The lowest BCUT2D eigenvalue weighted by Crippen LogP contribution is -2.28. The Kier molecular flexibility index (Phi) is 8.62. The van der Waals surface area contributed by atoms with E-state index in [2.05, 4.69) is 5.32 Å². The highest BCUT2D eigenvalue weighted by Gasteiger charge is 2.30. The van der Waals surface area contributed by atoms with Crippen LogP contribution in [0.1, 0.15) is 31.7 Å². The number of hydrogen-bond acceptors (Lipinski definition) is 7. The van der Waals surface area contributed by atoms with Crippen LogP contribution in [0, 0.1) is 0 Å². The van der Waals surface area contributed by atoms with Gasteiger partial charge in [-0.3, -0.25) is 4.79 Å². The van der Waals surface area contributed by atoms with Crippen LogP contribution in [0.15, 0.2) is 35.2 Å². The van der Waals surface area contributed by atoms with Gasteiger partial charge in [-0.1, -0.05) is 0 Å². The number of amides is 1. The van der Waals surface area contributed by atoms with E-state index in [4.69, 9.17) is 18.9 Å². The monoisotopic (exact) mass is 492 g/mol. The van der Waals surface area contributed by atoms with Crippen LogP contribution in [0.25, 0.3) is 0 Å². The van der Waals surface area contributed by atoms with E-state index in [0.717, 1.165) is 18.4 Å². The van der Waals surface area contributed by atoms with Crippen molar-refractivity contribution in [2.24, 2.45) is 0 Å². The highest BCUT2D eigenvalue weighted by atomic mass is 32.2. The van der Waals surface area contributed by atoms with Crippen LogP contribution >= 0.6 is 0 Å². The molecule has 0 atom stereocenters. The first-order valence-electron chi connectivity index (χ1n) is 11.2. The van der Waals surface area contributed by atoms with Crippen molar-refractivity contribution in [1.82, 2.24) is 4.31 Å². The number of aryl methyl sites for hydroxylation is 1. The molecule has 1 fully saturated rings. The van der Waals surface area contributed by atoms with Crippen molar-refractivity contribution in [2.75, 3.05) is 46.3 Å². The third kappa shape index (κ3) is 5.74.